The van der Waals surface area contributed by atoms with Crippen LogP contribution < -0.4 is 5.32 Å². The Morgan fingerprint density at radius 1 is 1.11 bits per heavy atom. The monoisotopic (exact) mass is 388 g/mol. The van der Waals surface area contributed by atoms with Crippen LogP contribution in [-0.2, 0) is 4.79 Å². The molecule has 8 heteroatoms. The maximum absolute atomic E-state index is 13.3. The van der Waals surface area contributed by atoms with E-state index < -0.39 is 16.9 Å². The van der Waals surface area contributed by atoms with Gasteiger partial charge in [-0.15, -0.1) is 10.2 Å². The summed E-state index contributed by atoms with van der Waals surface area (Å²) in [6.45, 7) is 3.74. The average molecular weight is 388 g/mol. The molecule has 0 saturated heterocycles. The summed E-state index contributed by atoms with van der Waals surface area (Å²) < 4.78 is 28.2. The normalized spacial score (nSPS) is 13.2. The van der Waals surface area contributed by atoms with E-state index in [1.165, 1.54) is 17.8 Å². The lowest BCUT2D eigenvalue weighted by Gasteiger charge is -2.17. The van der Waals surface area contributed by atoms with E-state index >= 15 is 0 Å². The Balaban J connectivity index is 1.69. The van der Waals surface area contributed by atoms with E-state index in [0.717, 1.165) is 17.7 Å². The van der Waals surface area contributed by atoms with E-state index in [4.69, 9.17) is 0 Å². The lowest BCUT2D eigenvalue weighted by molar-refractivity contribution is -0.115. The van der Waals surface area contributed by atoms with Crippen LogP contribution in [0.2, 0.25) is 0 Å². The van der Waals surface area contributed by atoms with Crippen molar-refractivity contribution in [1.29, 1.82) is 0 Å². The van der Waals surface area contributed by atoms with E-state index in [1.54, 1.807) is 13.3 Å². The molecule has 0 radical (unpaired) electrons. The fourth-order valence-electron chi connectivity index (χ4n) is 2.50. The number of halogens is 2. The lowest BCUT2D eigenvalue weighted by Crippen LogP contribution is -2.23. The third-order valence-electron chi connectivity index (χ3n) is 4.08. The highest BCUT2D eigenvalue weighted by Crippen LogP contribution is 2.27. The molecule has 140 valence electrons. The van der Waals surface area contributed by atoms with Gasteiger partial charge in [0.1, 0.15) is 6.33 Å². The number of hydrogen-bond donors (Lipinski definition) is 1. The molecule has 0 aliphatic carbocycles. The molecule has 1 aromatic heterocycles. The van der Waals surface area contributed by atoms with Crippen molar-refractivity contribution in [3.8, 4) is 0 Å². The van der Waals surface area contributed by atoms with Gasteiger partial charge < -0.3 is 9.88 Å². The van der Waals surface area contributed by atoms with Gasteiger partial charge in [0.25, 0.3) is 0 Å². The molecule has 2 aromatic carbocycles. The number of nitrogens with zero attached hydrogens (tertiary/aromatic N) is 3. The van der Waals surface area contributed by atoms with E-state index in [2.05, 4.69) is 15.5 Å². The zero-order valence-corrected chi connectivity index (χ0v) is 15.6. The predicted octanol–water partition coefficient (Wildman–Crippen LogP) is 4.28. The summed E-state index contributed by atoms with van der Waals surface area (Å²) in [4.78, 5) is 12.4. The van der Waals surface area contributed by atoms with Crippen molar-refractivity contribution in [3.05, 3.63) is 72.1 Å². The molecule has 0 saturated carbocycles. The van der Waals surface area contributed by atoms with Crippen LogP contribution in [0.25, 0.3) is 0 Å². The Morgan fingerprint density at radius 2 is 1.85 bits per heavy atom. The first kappa shape index (κ1) is 19.0. The van der Waals surface area contributed by atoms with Gasteiger partial charge in [-0.05, 0) is 31.5 Å². The summed E-state index contributed by atoms with van der Waals surface area (Å²) in [7, 11) is 0. The Bertz CT molecular complexity index is 932. The number of nitrogens with one attached hydrogen (secondary N) is 1. The van der Waals surface area contributed by atoms with Crippen molar-refractivity contribution in [2.24, 2.45) is 0 Å². The second-order valence-electron chi connectivity index (χ2n) is 5.99. The molecule has 27 heavy (non-hydrogen) atoms. The summed E-state index contributed by atoms with van der Waals surface area (Å²) >= 11 is 1.24. The van der Waals surface area contributed by atoms with Crippen LogP contribution in [0, 0.1) is 11.6 Å². The second kappa shape index (κ2) is 8.30. The van der Waals surface area contributed by atoms with Gasteiger partial charge in [0.15, 0.2) is 16.8 Å². The largest absolute Gasteiger partial charge is 0.325 e. The number of carbonyl (C=O) groups is 1. The van der Waals surface area contributed by atoms with Crippen molar-refractivity contribution in [2.75, 3.05) is 5.32 Å². The fraction of sp³-hybridized carbons (Fsp3) is 0.211. The van der Waals surface area contributed by atoms with Gasteiger partial charge in [0.2, 0.25) is 5.91 Å². The summed E-state index contributed by atoms with van der Waals surface area (Å²) in [5.41, 5.74) is 1.29. The van der Waals surface area contributed by atoms with Crippen LogP contribution in [0.3, 0.4) is 0 Å². The van der Waals surface area contributed by atoms with Crippen molar-refractivity contribution in [2.45, 2.75) is 30.3 Å². The maximum atomic E-state index is 13.3. The van der Waals surface area contributed by atoms with Gasteiger partial charge in [-0.3, -0.25) is 4.79 Å². The van der Waals surface area contributed by atoms with Crippen molar-refractivity contribution < 1.29 is 13.6 Å². The smallest absolute Gasteiger partial charge is 0.237 e. The van der Waals surface area contributed by atoms with Crippen LogP contribution >= 0.6 is 11.8 Å². The van der Waals surface area contributed by atoms with Gasteiger partial charge in [0, 0.05) is 11.8 Å². The molecule has 3 aromatic rings. The molecule has 0 aliphatic heterocycles. The molecular weight excluding hydrogens is 370 g/mol. The first-order valence-electron chi connectivity index (χ1n) is 8.32. The van der Waals surface area contributed by atoms with Gasteiger partial charge >= 0.3 is 0 Å². The molecule has 0 spiro atoms. The first-order valence-corrected chi connectivity index (χ1v) is 9.20. The topological polar surface area (TPSA) is 59.8 Å². The molecule has 0 bridgehead atoms. The zero-order valence-electron chi connectivity index (χ0n) is 14.8. The highest BCUT2D eigenvalue weighted by molar-refractivity contribution is 8.00. The van der Waals surface area contributed by atoms with Gasteiger partial charge in [-0.2, -0.15) is 0 Å². The summed E-state index contributed by atoms with van der Waals surface area (Å²) in [6.07, 6.45) is 1.62. The van der Waals surface area contributed by atoms with Crippen LogP contribution in [0.4, 0.5) is 14.5 Å². The Labute approximate surface area is 159 Å². The number of hydrogen-bond acceptors (Lipinski definition) is 4. The fourth-order valence-corrected chi connectivity index (χ4v) is 3.41. The predicted molar refractivity (Wildman–Crippen MR) is 101 cm³/mol. The minimum atomic E-state index is -1.01. The molecule has 1 amide bonds. The number of benzene rings is 2. The minimum Gasteiger partial charge on any atom is -0.325 e. The van der Waals surface area contributed by atoms with Gasteiger partial charge in [-0.1, -0.05) is 42.1 Å². The first-order chi connectivity index (χ1) is 13.0. The molecule has 3 rings (SSSR count). The number of anilines is 1. The molecule has 2 atom stereocenters. The molecule has 0 fully saturated rings. The standard InChI is InChI=1S/C19H18F2N4OS/c1-12(14-6-4-3-5-7-14)25-11-22-24-19(25)27-13(2)18(26)23-15-8-9-16(20)17(21)10-15/h3-13H,1-2H3,(H,23,26)/t12-,13+/m1/s1. The van der Waals surface area contributed by atoms with Gasteiger partial charge in [0.05, 0.1) is 11.3 Å². The number of rotatable bonds is 6. The maximum Gasteiger partial charge on any atom is 0.237 e. The number of amides is 1. The third kappa shape index (κ3) is 4.51. The molecule has 0 unspecified atom stereocenters. The Morgan fingerprint density at radius 3 is 2.56 bits per heavy atom. The average Bonchev–Trinajstić information content (AvgIpc) is 3.12. The Hall–Kier alpha value is -2.74. The Kier molecular flexibility index (Phi) is 5.85. The van der Waals surface area contributed by atoms with Crippen molar-refractivity contribution >= 4 is 23.4 Å². The van der Waals surface area contributed by atoms with E-state index in [0.29, 0.717) is 5.16 Å². The van der Waals surface area contributed by atoms with Crippen LogP contribution in [0.5, 0.6) is 0 Å². The van der Waals surface area contributed by atoms with Crippen molar-refractivity contribution in [1.82, 2.24) is 14.8 Å². The highest BCUT2D eigenvalue weighted by Gasteiger charge is 2.20. The molecule has 5 nitrogen and oxygen atoms in total. The van der Waals surface area contributed by atoms with E-state index in [9.17, 15) is 13.6 Å². The quantitative estimate of drug-likeness (QED) is 0.640. The zero-order chi connectivity index (χ0) is 19.4. The minimum absolute atomic E-state index is 0.00477. The van der Waals surface area contributed by atoms with E-state index in [-0.39, 0.29) is 17.6 Å². The van der Waals surface area contributed by atoms with Crippen LogP contribution in [0.1, 0.15) is 25.5 Å². The SMILES string of the molecule is C[C@H](Sc1nncn1[C@H](C)c1ccccc1)C(=O)Nc1ccc(F)c(F)c1. The number of aromatic nitrogens is 3. The molecular formula is C19H18F2N4OS. The second-order valence-corrected chi connectivity index (χ2v) is 7.29. The van der Waals surface area contributed by atoms with E-state index in [1.807, 2.05) is 41.8 Å². The highest BCUT2D eigenvalue weighted by atomic mass is 32.2. The number of carbonyl (C=O) groups excluding carboxylic acids is 1. The molecule has 1 heterocycles. The molecule has 0 aliphatic rings. The number of thioether (sulfide) groups is 1. The van der Waals surface area contributed by atoms with Crippen LogP contribution in [0.15, 0.2) is 60.0 Å². The summed E-state index contributed by atoms with van der Waals surface area (Å²) in [6, 6.07) is 13.1. The lowest BCUT2D eigenvalue weighted by atomic mass is 10.1. The summed E-state index contributed by atoms with van der Waals surface area (Å²) in [5.74, 6) is -2.31. The van der Waals surface area contributed by atoms with Gasteiger partial charge in [-0.25, -0.2) is 8.78 Å². The molecule has 1 N–H and O–H groups in total. The van der Waals surface area contributed by atoms with Crippen LogP contribution in [-0.4, -0.2) is 25.9 Å². The van der Waals surface area contributed by atoms with Crippen molar-refractivity contribution in [3.63, 3.8) is 0 Å². The summed E-state index contributed by atoms with van der Waals surface area (Å²) in [5, 5.41) is 10.7. The third-order valence-corrected chi connectivity index (χ3v) is 5.15.